The van der Waals surface area contributed by atoms with E-state index in [1.165, 1.54) is 42.2 Å². The van der Waals surface area contributed by atoms with E-state index in [1.807, 2.05) is 0 Å². The summed E-state index contributed by atoms with van der Waals surface area (Å²) < 4.78 is 42.3. The first kappa shape index (κ1) is 31.7. The van der Waals surface area contributed by atoms with Crippen LogP contribution in [0.5, 0.6) is 0 Å². The number of halogens is 4. The lowest BCUT2D eigenvalue weighted by atomic mass is 10.1. The highest BCUT2D eigenvalue weighted by molar-refractivity contribution is 7.92. The van der Waals surface area contributed by atoms with E-state index in [0.717, 1.165) is 16.4 Å². The van der Waals surface area contributed by atoms with Crippen molar-refractivity contribution in [3.63, 3.8) is 0 Å². The first-order valence-electron chi connectivity index (χ1n) is 12.2. The molecule has 0 aliphatic carbocycles. The summed E-state index contributed by atoms with van der Waals surface area (Å²) in [5.41, 5.74) is -0.252. The molecule has 12 heteroatoms. The Hall–Kier alpha value is -2.85. The zero-order chi connectivity index (χ0) is 29.8. The summed E-state index contributed by atoms with van der Waals surface area (Å²) in [7, 11) is -4.32. The average molecular weight is 629 g/mol. The molecule has 0 fully saturated rings. The lowest BCUT2D eigenvalue weighted by molar-refractivity contribution is -0.140. The Morgan fingerprint density at radius 1 is 0.925 bits per heavy atom. The molecule has 7 nitrogen and oxygen atoms in total. The van der Waals surface area contributed by atoms with Gasteiger partial charge in [0.25, 0.3) is 10.0 Å². The monoisotopic (exact) mass is 627 g/mol. The summed E-state index contributed by atoms with van der Waals surface area (Å²) in [4.78, 5) is 28.2. The first-order chi connectivity index (χ1) is 18.6. The van der Waals surface area contributed by atoms with E-state index in [4.69, 9.17) is 34.8 Å². The number of hydrogen-bond acceptors (Lipinski definition) is 4. The van der Waals surface area contributed by atoms with Gasteiger partial charge in [-0.1, -0.05) is 59.1 Å². The minimum Gasteiger partial charge on any atom is -0.350 e. The van der Waals surface area contributed by atoms with Crippen LogP contribution in [0.2, 0.25) is 15.1 Å². The van der Waals surface area contributed by atoms with Gasteiger partial charge in [-0.2, -0.15) is 0 Å². The van der Waals surface area contributed by atoms with Gasteiger partial charge in [0, 0.05) is 27.7 Å². The van der Waals surface area contributed by atoms with E-state index in [0.29, 0.717) is 5.56 Å². The van der Waals surface area contributed by atoms with Gasteiger partial charge in [-0.25, -0.2) is 12.8 Å². The Bertz CT molecular complexity index is 1480. The van der Waals surface area contributed by atoms with Crippen molar-refractivity contribution in [1.82, 2.24) is 10.2 Å². The van der Waals surface area contributed by atoms with Crippen LogP contribution in [0.1, 0.15) is 33.3 Å². The number of anilines is 1. The van der Waals surface area contributed by atoms with E-state index in [1.54, 1.807) is 45.0 Å². The molecule has 3 aromatic rings. The highest BCUT2D eigenvalue weighted by atomic mass is 35.5. The van der Waals surface area contributed by atoms with Gasteiger partial charge in [0.15, 0.2) is 0 Å². The van der Waals surface area contributed by atoms with Crippen molar-refractivity contribution in [3.05, 3.63) is 93.2 Å². The van der Waals surface area contributed by atoms with Crippen LogP contribution in [0.25, 0.3) is 0 Å². The van der Waals surface area contributed by atoms with Crippen molar-refractivity contribution in [3.8, 4) is 0 Å². The number of carbonyl (C=O) groups excluding carboxylic acids is 2. The zero-order valence-electron chi connectivity index (χ0n) is 22.3. The van der Waals surface area contributed by atoms with E-state index in [2.05, 4.69) is 5.32 Å². The lowest BCUT2D eigenvalue weighted by Gasteiger charge is -2.33. The molecule has 214 valence electrons. The largest absolute Gasteiger partial charge is 0.350 e. The summed E-state index contributed by atoms with van der Waals surface area (Å²) in [6, 6.07) is 14.6. The number of benzene rings is 3. The fraction of sp³-hybridized carbons (Fsp3) is 0.286. The van der Waals surface area contributed by atoms with Gasteiger partial charge in [0.2, 0.25) is 11.8 Å². The SMILES string of the molecule is C[C@H](C(=O)NC(C)(C)C)N(Cc1c(Cl)cccc1Cl)C(=O)CN(c1ccc(F)c(Cl)c1)S(=O)(=O)c1ccccc1. The average Bonchev–Trinajstić information content (AvgIpc) is 2.88. The summed E-state index contributed by atoms with van der Waals surface area (Å²) in [6.45, 7) is 5.99. The third kappa shape index (κ3) is 7.66. The molecule has 1 atom stereocenters. The molecule has 0 radical (unpaired) electrons. The number of sulfonamides is 1. The topological polar surface area (TPSA) is 86.8 Å². The molecule has 0 unspecified atom stereocenters. The third-order valence-electron chi connectivity index (χ3n) is 5.86. The fourth-order valence-corrected chi connectivity index (χ4v) is 5.92. The fourth-order valence-electron chi connectivity index (χ4n) is 3.80. The van der Waals surface area contributed by atoms with E-state index in [-0.39, 0.29) is 32.2 Å². The minimum atomic E-state index is -4.32. The molecule has 40 heavy (non-hydrogen) atoms. The Morgan fingerprint density at radius 2 is 1.52 bits per heavy atom. The molecule has 0 saturated carbocycles. The van der Waals surface area contributed by atoms with Crippen LogP contribution in [-0.2, 0) is 26.2 Å². The summed E-state index contributed by atoms with van der Waals surface area (Å²) in [6.07, 6.45) is 0. The molecule has 0 saturated heterocycles. The second-order valence-electron chi connectivity index (χ2n) is 10.1. The van der Waals surface area contributed by atoms with Gasteiger partial charge in [-0.3, -0.25) is 13.9 Å². The molecule has 1 N–H and O–H groups in total. The Labute approximate surface area is 248 Å². The maximum atomic E-state index is 14.0. The molecular formula is C28H29Cl3FN3O4S. The van der Waals surface area contributed by atoms with E-state index >= 15 is 0 Å². The number of rotatable bonds is 9. The second-order valence-corrected chi connectivity index (χ2v) is 13.1. The molecule has 2 amide bonds. The van der Waals surface area contributed by atoms with Crippen LogP contribution < -0.4 is 9.62 Å². The van der Waals surface area contributed by atoms with Gasteiger partial charge < -0.3 is 10.2 Å². The molecular weight excluding hydrogens is 600 g/mol. The van der Waals surface area contributed by atoms with Crippen LogP contribution in [0.15, 0.2) is 71.6 Å². The number of hydrogen-bond donors (Lipinski definition) is 1. The molecule has 0 spiro atoms. The molecule has 0 aliphatic rings. The minimum absolute atomic E-state index is 0.0360. The van der Waals surface area contributed by atoms with Crippen molar-refractivity contribution in [2.24, 2.45) is 0 Å². The van der Waals surface area contributed by atoms with Crippen LogP contribution >= 0.6 is 34.8 Å². The molecule has 0 bridgehead atoms. The highest BCUT2D eigenvalue weighted by Crippen LogP contribution is 2.30. The van der Waals surface area contributed by atoms with Crippen LogP contribution in [-0.4, -0.2) is 43.3 Å². The van der Waals surface area contributed by atoms with E-state index in [9.17, 15) is 22.4 Å². The van der Waals surface area contributed by atoms with Crippen molar-refractivity contribution >= 4 is 62.3 Å². The molecule has 3 aromatic carbocycles. The summed E-state index contributed by atoms with van der Waals surface area (Å²) >= 11 is 18.7. The standard InChI is InChI=1S/C28H29Cl3FN3O4S/c1-18(27(37)33-28(2,3)4)34(16-21-22(29)11-8-12-23(21)30)26(36)17-35(19-13-14-25(32)24(31)15-19)40(38,39)20-9-6-5-7-10-20/h5-15,18H,16-17H2,1-4H3,(H,33,37)/t18-/m1/s1. The van der Waals surface area contributed by atoms with Crippen LogP contribution in [0.3, 0.4) is 0 Å². The Kier molecular flexibility index (Phi) is 10.1. The van der Waals surface area contributed by atoms with Crippen molar-refractivity contribution in [2.45, 2.75) is 50.7 Å². The Morgan fingerprint density at radius 3 is 2.08 bits per heavy atom. The third-order valence-corrected chi connectivity index (χ3v) is 8.64. The number of nitrogens with one attached hydrogen (secondary N) is 1. The van der Waals surface area contributed by atoms with Crippen LogP contribution in [0.4, 0.5) is 10.1 Å². The summed E-state index contributed by atoms with van der Waals surface area (Å²) in [5, 5.41) is 3.05. The quantitative estimate of drug-likeness (QED) is 0.301. The van der Waals surface area contributed by atoms with Crippen molar-refractivity contribution in [1.29, 1.82) is 0 Å². The second kappa shape index (κ2) is 12.8. The van der Waals surface area contributed by atoms with Gasteiger partial charge in [-0.15, -0.1) is 0 Å². The first-order valence-corrected chi connectivity index (χ1v) is 14.8. The number of nitrogens with zero attached hydrogens (tertiary/aromatic N) is 2. The van der Waals surface area contributed by atoms with Gasteiger partial charge in [-0.05, 0) is 70.2 Å². The lowest BCUT2D eigenvalue weighted by Crippen LogP contribution is -2.54. The predicted octanol–water partition coefficient (Wildman–Crippen LogP) is 6.31. The smallest absolute Gasteiger partial charge is 0.264 e. The van der Waals surface area contributed by atoms with Gasteiger partial charge in [0.1, 0.15) is 18.4 Å². The zero-order valence-corrected chi connectivity index (χ0v) is 25.4. The van der Waals surface area contributed by atoms with Gasteiger partial charge in [0.05, 0.1) is 15.6 Å². The van der Waals surface area contributed by atoms with Gasteiger partial charge >= 0.3 is 0 Å². The van der Waals surface area contributed by atoms with Crippen molar-refractivity contribution in [2.75, 3.05) is 10.8 Å². The van der Waals surface area contributed by atoms with Crippen molar-refractivity contribution < 1.29 is 22.4 Å². The molecule has 0 aromatic heterocycles. The molecule has 3 rings (SSSR count). The predicted molar refractivity (Wildman–Crippen MR) is 157 cm³/mol. The highest BCUT2D eigenvalue weighted by Gasteiger charge is 2.34. The number of amides is 2. The normalized spacial score (nSPS) is 12.5. The Balaban J connectivity index is 2.09. The molecule has 0 aliphatic heterocycles. The number of carbonyl (C=O) groups is 2. The van der Waals surface area contributed by atoms with Crippen LogP contribution in [0, 0.1) is 5.82 Å². The van der Waals surface area contributed by atoms with E-state index < -0.39 is 45.8 Å². The summed E-state index contributed by atoms with van der Waals surface area (Å²) in [5.74, 6) is -1.95. The maximum absolute atomic E-state index is 14.0. The maximum Gasteiger partial charge on any atom is 0.264 e. The molecule has 0 heterocycles.